The molecular weight excluding hydrogens is 615 g/mol. The highest BCUT2D eigenvalue weighted by atomic mass is 32.2. The molecule has 1 saturated carbocycles. The van der Waals surface area contributed by atoms with Gasteiger partial charge in [0.15, 0.2) is 11.3 Å². The van der Waals surface area contributed by atoms with E-state index in [9.17, 15) is 19.5 Å². The summed E-state index contributed by atoms with van der Waals surface area (Å²) in [6.45, 7) is 2.89. The zero-order chi connectivity index (χ0) is 30.1. The molecule has 4 N–H and O–H groups in total. The van der Waals surface area contributed by atoms with Gasteiger partial charge in [-0.15, -0.1) is 16.3 Å². The van der Waals surface area contributed by atoms with Crippen LogP contribution in [-0.4, -0.2) is 75.7 Å². The van der Waals surface area contributed by atoms with E-state index in [1.54, 1.807) is 16.0 Å². The molecule has 17 heteroatoms. The zero-order valence-electron chi connectivity index (χ0n) is 23.0. The molecule has 0 radical (unpaired) electrons. The van der Waals surface area contributed by atoms with Gasteiger partial charge in [-0.2, -0.15) is 9.36 Å². The number of aromatic nitrogens is 5. The first-order valence-electron chi connectivity index (χ1n) is 13.6. The average Bonchev–Trinajstić information content (AvgIpc) is 3.77. The second-order valence-corrected chi connectivity index (χ2v) is 12.7. The van der Waals surface area contributed by atoms with E-state index in [-0.39, 0.29) is 28.5 Å². The van der Waals surface area contributed by atoms with Crippen LogP contribution in [0.4, 0.5) is 5.13 Å². The summed E-state index contributed by atoms with van der Waals surface area (Å²) in [5, 5.41) is 23.4. The highest BCUT2D eigenvalue weighted by Crippen LogP contribution is 2.41. The Balaban J connectivity index is 1.15. The van der Waals surface area contributed by atoms with Gasteiger partial charge < -0.3 is 21.0 Å². The molecule has 3 aromatic heterocycles. The van der Waals surface area contributed by atoms with Crippen LogP contribution in [0, 0.1) is 0 Å². The highest BCUT2D eigenvalue weighted by Gasteiger charge is 2.54. The third-order valence-electron chi connectivity index (χ3n) is 7.25. The number of nitrogens with two attached hydrogens (primary N) is 1. The van der Waals surface area contributed by atoms with Crippen molar-refractivity contribution in [2.45, 2.75) is 61.7 Å². The van der Waals surface area contributed by atoms with Gasteiger partial charge in [0.05, 0.1) is 6.54 Å². The van der Waals surface area contributed by atoms with E-state index in [2.05, 4.69) is 36.4 Å². The van der Waals surface area contributed by atoms with Gasteiger partial charge in [0.1, 0.15) is 34.4 Å². The molecule has 43 heavy (non-hydrogen) atoms. The molecule has 5 heterocycles. The minimum Gasteiger partial charge on any atom is -0.477 e. The second kappa shape index (κ2) is 12.3. The Hall–Kier alpha value is -3.96. The van der Waals surface area contributed by atoms with Crippen LogP contribution in [0.3, 0.4) is 0 Å². The van der Waals surface area contributed by atoms with Crippen LogP contribution >= 0.6 is 35.1 Å². The van der Waals surface area contributed by atoms with Crippen molar-refractivity contribution >= 4 is 69.3 Å². The monoisotopic (exact) mass is 642 g/mol. The van der Waals surface area contributed by atoms with E-state index in [0.29, 0.717) is 11.3 Å². The Morgan fingerprint density at radius 2 is 2.16 bits per heavy atom. The molecule has 2 aliphatic heterocycles. The lowest BCUT2D eigenvalue weighted by atomic mass is 10.0. The summed E-state index contributed by atoms with van der Waals surface area (Å²) in [6.07, 6.45) is 9.10. The van der Waals surface area contributed by atoms with Crippen molar-refractivity contribution in [1.82, 2.24) is 29.2 Å². The normalized spacial score (nSPS) is 21.0. The van der Waals surface area contributed by atoms with Gasteiger partial charge in [-0.3, -0.25) is 14.5 Å². The highest BCUT2D eigenvalue weighted by molar-refractivity contribution is 8.02. The minimum atomic E-state index is -1.22. The van der Waals surface area contributed by atoms with Crippen molar-refractivity contribution in [3.05, 3.63) is 53.1 Å². The number of anilines is 1. The number of carbonyl (C=O) groups excluding carboxylic acids is 2. The van der Waals surface area contributed by atoms with Crippen LogP contribution in [0.2, 0.25) is 0 Å². The number of amides is 2. The van der Waals surface area contributed by atoms with Gasteiger partial charge in [0.2, 0.25) is 11.5 Å². The molecule has 0 aromatic carbocycles. The van der Waals surface area contributed by atoms with E-state index in [1.165, 1.54) is 28.4 Å². The second-order valence-electron chi connectivity index (χ2n) is 9.93. The lowest BCUT2D eigenvalue weighted by Gasteiger charge is -2.49. The number of nitrogen functional groups attached to an aromatic ring is 1. The standard InChI is InChI=1S/C26H27N9O5S3/c1-2-33-10-11-34-17(33)8-7-16(30-34)41-12-9-14-13-42-24-19(23(37)35(24)20(14)25(38)39)28-22(36)18(21-29-26(27)43-32-21)31-40-15-5-3-4-6-15/h7-12,15,19,24H,2-6,13H2,1H3,(H3-,27,28,29,32,36,38,39)/p+1/b12-9+,31-18-/t19-,24-/m1/s1. The first kappa shape index (κ1) is 29.1. The molecule has 3 aliphatic rings. The molecule has 1 saturated heterocycles. The summed E-state index contributed by atoms with van der Waals surface area (Å²) in [4.78, 5) is 49.6. The molecule has 0 spiro atoms. The molecule has 224 valence electrons. The molecule has 2 atom stereocenters. The van der Waals surface area contributed by atoms with Gasteiger partial charge in [-0.1, -0.05) is 22.0 Å². The largest absolute Gasteiger partial charge is 0.477 e. The van der Waals surface area contributed by atoms with Gasteiger partial charge in [0.25, 0.3) is 11.8 Å². The first-order valence-corrected chi connectivity index (χ1v) is 16.3. The lowest BCUT2D eigenvalue weighted by molar-refractivity contribution is -0.667. The molecule has 1 aliphatic carbocycles. The van der Waals surface area contributed by atoms with Crippen molar-refractivity contribution in [3.8, 4) is 0 Å². The van der Waals surface area contributed by atoms with E-state index in [4.69, 9.17) is 10.6 Å². The van der Waals surface area contributed by atoms with Crippen LogP contribution < -0.4 is 15.6 Å². The smallest absolute Gasteiger partial charge is 0.352 e. The quantitative estimate of drug-likeness (QED) is 0.0964. The molecule has 2 fully saturated rings. The van der Waals surface area contributed by atoms with E-state index >= 15 is 0 Å². The van der Waals surface area contributed by atoms with Crippen LogP contribution in [0.1, 0.15) is 38.4 Å². The summed E-state index contributed by atoms with van der Waals surface area (Å²) in [5.74, 6) is -2.13. The molecule has 6 rings (SSSR count). The Kier molecular flexibility index (Phi) is 8.36. The number of nitrogens with one attached hydrogen (secondary N) is 1. The number of carboxylic acid groups (broad SMARTS) is 1. The van der Waals surface area contributed by atoms with Crippen molar-refractivity contribution < 1.29 is 28.9 Å². The Labute approximate surface area is 258 Å². The number of carboxylic acids is 1. The van der Waals surface area contributed by atoms with Crippen molar-refractivity contribution in [2.24, 2.45) is 5.16 Å². The average molecular weight is 643 g/mol. The van der Waals surface area contributed by atoms with Crippen molar-refractivity contribution in [2.75, 3.05) is 11.5 Å². The number of nitrogens with zero attached hydrogens (tertiary/aromatic N) is 7. The topological polar surface area (TPSA) is 181 Å². The number of thioether (sulfide) groups is 2. The summed E-state index contributed by atoms with van der Waals surface area (Å²) in [6, 6.07) is 2.91. The fourth-order valence-electron chi connectivity index (χ4n) is 5.10. The van der Waals surface area contributed by atoms with Gasteiger partial charge in [-0.05, 0) is 55.7 Å². The van der Waals surface area contributed by atoms with Gasteiger partial charge in [0, 0.05) is 23.4 Å². The third-order valence-corrected chi connectivity index (χ3v) is 9.82. The summed E-state index contributed by atoms with van der Waals surface area (Å²) < 4.78 is 7.94. The molecule has 14 nitrogen and oxygen atoms in total. The molecule has 0 unspecified atom stereocenters. The van der Waals surface area contributed by atoms with E-state index in [1.807, 2.05) is 24.5 Å². The Morgan fingerprint density at radius 1 is 1.35 bits per heavy atom. The number of allylic oxidation sites excluding steroid dienone is 1. The number of fused-ring (bicyclic) bond motifs is 2. The molecule has 3 aromatic rings. The van der Waals surface area contributed by atoms with Gasteiger partial charge >= 0.3 is 11.6 Å². The number of rotatable bonds is 10. The maximum absolute atomic E-state index is 13.3. The van der Waals surface area contributed by atoms with Crippen LogP contribution in [-0.2, 0) is 25.8 Å². The number of β-lactam (4-membered cyclic amide) rings is 1. The minimum absolute atomic E-state index is 0.00365. The zero-order valence-corrected chi connectivity index (χ0v) is 25.4. The molecule has 0 bridgehead atoms. The third kappa shape index (κ3) is 5.83. The summed E-state index contributed by atoms with van der Waals surface area (Å²) in [5.41, 5.74) is 6.87. The van der Waals surface area contributed by atoms with Crippen LogP contribution in [0.5, 0.6) is 0 Å². The number of carbonyl (C=O) groups is 3. The van der Waals surface area contributed by atoms with Crippen molar-refractivity contribution in [1.29, 1.82) is 0 Å². The number of imidazole rings is 1. The maximum Gasteiger partial charge on any atom is 0.352 e. The van der Waals surface area contributed by atoms with Gasteiger partial charge in [-0.25, -0.2) is 9.36 Å². The van der Waals surface area contributed by atoms with E-state index in [0.717, 1.165) is 54.4 Å². The SMILES string of the molecule is CC[n+]1ccn2nc(S/C=C/C3=C(C(=O)O)N4C(=O)[C@@H](NC(=O)/C(=N\OC5CCCC5)c5nsc(N)n5)[C@H]4SC3)ccc21. The molecular formula is C26H28N9O5S3+. The van der Waals surface area contributed by atoms with Crippen LogP contribution in [0.25, 0.3) is 5.65 Å². The number of oxime groups is 1. The summed E-state index contributed by atoms with van der Waals surface area (Å²) in [7, 11) is 0. The van der Waals surface area contributed by atoms with E-state index < -0.39 is 29.2 Å². The number of hydrogen-bond donors (Lipinski definition) is 3. The maximum atomic E-state index is 13.3. The lowest BCUT2D eigenvalue weighted by Crippen LogP contribution is -2.71. The predicted molar refractivity (Wildman–Crippen MR) is 160 cm³/mol. The Bertz CT molecular complexity index is 1680. The predicted octanol–water partition coefficient (Wildman–Crippen LogP) is 1.78. The number of hydrogen-bond acceptors (Lipinski definition) is 12. The molecule has 2 amide bonds. The fourth-order valence-corrected chi connectivity index (χ4v) is 7.51. The number of aliphatic carboxylic acids is 1. The summed E-state index contributed by atoms with van der Waals surface area (Å²) >= 11 is 3.61. The van der Waals surface area contributed by atoms with Crippen molar-refractivity contribution in [3.63, 3.8) is 0 Å². The fraction of sp³-hybridized carbons (Fsp3) is 0.385. The van der Waals surface area contributed by atoms with Crippen LogP contribution in [0.15, 0.2) is 57.5 Å². The first-order chi connectivity index (χ1) is 20.8. The Morgan fingerprint density at radius 3 is 2.88 bits per heavy atom. The number of aryl methyl sites for hydroxylation is 1.